The second kappa shape index (κ2) is 6.20. The van der Waals surface area contributed by atoms with E-state index in [1.165, 1.54) is 11.8 Å². The molecular formula is C14H20N2O5S. The molecule has 2 N–H and O–H groups in total. The Morgan fingerprint density at radius 1 is 1.45 bits per heavy atom. The summed E-state index contributed by atoms with van der Waals surface area (Å²) >= 11 is 0. The molecule has 0 aromatic carbocycles. The lowest BCUT2D eigenvalue weighted by Gasteiger charge is -2.45. The van der Waals surface area contributed by atoms with Crippen molar-refractivity contribution in [3.05, 3.63) is 10.6 Å². The summed E-state index contributed by atoms with van der Waals surface area (Å²) in [5.74, 6) is -1.59. The number of nitrogens with one attached hydrogen (secondary N) is 1. The fourth-order valence-electron chi connectivity index (χ4n) is 3.08. The molecule has 7 nitrogen and oxygen atoms in total. The minimum absolute atomic E-state index is 0.121. The van der Waals surface area contributed by atoms with Gasteiger partial charge in [0.2, 0.25) is 11.8 Å². The molecule has 122 valence electrons. The summed E-state index contributed by atoms with van der Waals surface area (Å²) in [6, 6.07) is -0.196. The van der Waals surface area contributed by atoms with Gasteiger partial charge in [-0.05, 0) is 5.92 Å². The van der Waals surface area contributed by atoms with Gasteiger partial charge in [-0.1, -0.05) is 13.8 Å². The molecule has 0 radical (unpaired) electrons. The van der Waals surface area contributed by atoms with Crippen molar-refractivity contribution in [3.63, 3.8) is 0 Å². The van der Waals surface area contributed by atoms with E-state index in [0.29, 0.717) is 11.3 Å². The number of carboxylic acids is 1. The zero-order valence-electron chi connectivity index (χ0n) is 12.8. The first-order chi connectivity index (χ1) is 10.3. The molecule has 0 saturated carbocycles. The maximum atomic E-state index is 12.3. The molecule has 0 aliphatic carbocycles. The van der Waals surface area contributed by atoms with E-state index >= 15 is 0 Å². The average Bonchev–Trinajstić information content (AvgIpc) is 2.72. The third-order valence-corrected chi connectivity index (χ3v) is 5.51. The number of amides is 2. The van der Waals surface area contributed by atoms with Gasteiger partial charge in [0.15, 0.2) is 0 Å². The Bertz CT molecular complexity index is 584. The van der Waals surface area contributed by atoms with E-state index in [-0.39, 0.29) is 47.7 Å². The fraction of sp³-hybridized carbons (Fsp3) is 0.643. The zero-order chi connectivity index (χ0) is 16.6. The lowest BCUT2D eigenvalue weighted by molar-refractivity contribution is -0.157. The van der Waals surface area contributed by atoms with Crippen LogP contribution in [-0.4, -0.2) is 50.3 Å². The number of carboxylic acid groups (broad SMARTS) is 1. The van der Waals surface area contributed by atoms with E-state index in [4.69, 9.17) is 0 Å². The number of nitrogens with zero attached hydrogens (tertiary/aromatic N) is 1. The van der Waals surface area contributed by atoms with E-state index in [2.05, 4.69) is 5.32 Å². The fourth-order valence-corrected chi connectivity index (χ4v) is 4.37. The normalized spacial score (nSPS) is 25.1. The summed E-state index contributed by atoms with van der Waals surface area (Å²) in [6.45, 7) is 5.42. The van der Waals surface area contributed by atoms with Gasteiger partial charge in [0.1, 0.15) is 5.70 Å². The third kappa shape index (κ3) is 2.79. The van der Waals surface area contributed by atoms with Crippen molar-refractivity contribution >= 4 is 28.6 Å². The molecule has 2 aliphatic rings. The topological polar surface area (TPSA) is 104 Å². The summed E-state index contributed by atoms with van der Waals surface area (Å²) in [4.78, 5) is 36.0. The Labute approximate surface area is 131 Å². The summed E-state index contributed by atoms with van der Waals surface area (Å²) in [5.41, 5.74) is -0.131. The maximum Gasteiger partial charge on any atom is 0.353 e. The van der Waals surface area contributed by atoms with E-state index < -0.39 is 16.8 Å². The smallest absolute Gasteiger partial charge is 0.353 e. The quantitative estimate of drug-likeness (QED) is 0.671. The Morgan fingerprint density at radius 3 is 2.59 bits per heavy atom. The highest BCUT2D eigenvalue weighted by molar-refractivity contribution is 7.89. The molecule has 3 atom stereocenters. The first-order valence-electron chi connectivity index (χ1n) is 7.18. The Hall–Kier alpha value is -1.70. The van der Waals surface area contributed by atoms with Gasteiger partial charge in [-0.25, -0.2) is 4.79 Å². The van der Waals surface area contributed by atoms with E-state index in [0.717, 1.165) is 0 Å². The summed E-state index contributed by atoms with van der Waals surface area (Å²) < 4.78 is 12.3. The molecular weight excluding hydrogens is 308 g/mol. The van der Waals surface area contributed by atoms with Crippen molar-refractivity contribution in [1.29, 1.82) is 0 Å². The second-order valence-electron chi connectivity index (χ2n) is 5.86. The van der Waals surface area contributed by atoms with Crippen LogP contribution in [0, 0.1) is 11.8 Å². The van der Waals surface area contributed by atoms with E-state index in [9.17, 15) is 23.7 Å². The van der Waals surface area contributed by atoms with Gasteiger partial charge >= 0.3 is 5.97 Å². The van der Waals surface area contributed by atoms with Crippen LogP contribution in [0.25, 0.3) is 0 Å². The third-order valence-electron chi connectivity index (χ3n) is 4.03. The van der Waals surface area contributed by atoms with Crippen molar-refractivity contribution in [3.8, 4) is 0 Å². The monoisotopic (exact) mass is 328 g/mol. The van der Waals surface area contributed by atoms with Gasteiger partial charge in [-0.15, -0.1) is 0 Å². The van der Waals surface area contributed by atoms with Crippen LogP contribution in [0.5, 0.6) is 0 Å². The van der Waals surface area contributed by atoms with Gasteiger partial charge in [-0.2, -0.15) is 0 Å². The highest BCUT2D eigenvalue weighted by Crippen LogP contribution is 2.45. The molecule has 0 aromatic rings. The van der Waals surface area contributed by atoms with Crippen LogP contribution in [0.2, 0.25) is 0 Å². The maximum absolute atomic E-state index is 12.3. The van der Waals surface area contributed by atoms with E-state index in [1.807, 2.05) is 13.8 Å². The number of hydrogen-bond acceptors (Lipinski definition) is 4. The average molecular weight is 328 g/mol. The molecule has 0 aromatic heterocycles. The van der Waals surface area contributed by atoms with Crippen molar-refractivity contribution in [2.45, 2.75) is 33.2 Å². The molecule has 0 bridgehead atoms. The molecule has 3 unspecified atom stereocenters. The first-order valence-corrected chi connectivity index (χ1v) is 8.50. The molecule has 2 aliphatic heterocycles. The molecule has 1 fully saturated rings. The predicted molar refractivity (Wildman–Crippen MR) is 79.9 cm³/mol. The number of carbonyl (C=O) groups excluding carboxylic acids is 2. The molecule has 1 saturated heterocycles. The molecule has 2 rings (SSSR count). The molecule has 0 spiro atoms. The summed E-state index contributed by atoms with van der Waals surface area (Å²) in [6.07, 6.45) is 0.336. The largest absolute Gasteiger partial charge is 0.477 e. The van der Waals surface area contributed by atoms with Gasteiger partial charge in [-0.3, -0.25) is 13.8 Å². The van der Waals surface area contributed by atoms with Gasteiger partial charge in [0.05, 0.1) is 22.8 Å². The van der Waals surface area contributed by atoms with E-state index in [1.54, 1.807) is 0 Å². The summed E-state index contributed by atoms with van der Waals surface area (Å²) in [7, 11) is -1.52. The van der Waals surface area contributed by atoms with Crippen LogP contribution in [0.3, 0.4) is 0 Å². The van der Waals surface area contributed by atoms with Crippen molar-refractivity contribution in [2.75, 3.05) is 12.3 Å². The molecule has 2 amide bonds. The molecule has 2 heterocycles. The molecule has 8 heteroatoms. The second-order valence-corrected chi connectivity index (χ2v) is 7.45. The standard InChI is InChI=1S/C14H20N2O5S/c1-7(2)11-9-6-10(22(21)5-4-15-8(3)17)12(14(19)20)16(9)13(11)18/h7,9,11H,4-6H2,1-3H3,(H,15,17)(H,19,20). The minimum atomic E-state index is -1.52. The highest BCUT2D eigenvalue weighted by Gasteiger charge is 2.56. The van der Waals surface area contributed by atoms with Crippen LogP contribution in [0.4, 0.5) is 0 Å². The SMILES string of the molecule is CC(=O)NCCS(=O)C1=C(C(=O)O)N2C(=O)C(C(C)C)C2C1. The van der Waals surface area contributed by atoms with Crippen LogP contribution < -0.4 is 5.32 Å². The van der Waals surface area contributed by atoms with Crippen LogP contribution >= 0.6 is 0 Å². The number of β-lactam (4-membered cyclic amide) rings is 1. The Kier molecular flexibility index (Phi) is 4.69. The Morgan fingerprint density at radius 2 is 2.09 bits per heavy atom. The lowest BCUT2D eigenvalue weighted by Crippen LogP contribution is -2.60. The highest BCUT2D eigenvalue weighted by atomic mass is 32.2. The van der Waals surface area contributed by atoms with Crippen LogP contribution in [0.15, 0.2) is 10.6 Å². The Balaban J connectivity index is 2.16. The number of rotatable bonds is 6. The van der Waals surface area contributed by atoms with Crippen LogP contribution in [0.1, 0.15) is 27.2 Å². The van der Waals surface area contributed by atoms with Crippen molar-refractivity contribution < 1.29 is 23.7 Å². The van der Waals surface area contributed by atoms with Gasteiger partial charge in [0, 0.05) is 30.5 Å². The summed E-state index contributed by atoms with van der Waals surface area (Å²) in [5, 5.41) is 11.9. The van der Waals surface area contributed by atoms with Gasteiger partial charge < -0.3 is 15.3 Å². The number of aliphatic carboxylic acids is 1. The predicted octanol–water partition coefficient (Wildman–Crippen LogP) is 0.0541. The minimum Gasteiger partial charge on any atom is -0.477 e. The van der Waals surface area contributed by atoms with Crippen molar-refractivity contribution in [1.82, 2.24) is 10.2 Å². The number of carbonyl (C=O) groups is 3. The first kappa shape index (κ1) is 16.7. The number of hydrogen-bond donors (Lipinski definition) is 2. The molecule has 22 heavy (non-hydrogen) atoms. The van der Waals surface area contributed by atoms with Crippen LogP contribution in [-0.2, 0) is 25.2 Å². The zero-order valence-corrected chi connectivity index (χ0v) is 13.6. The van der Waals surface area contributed by atoms with Gasteiger partial charge in [0.25, 0.3) is 0 Å². The lowest BCUT2D eigenvalue weighted by atomic mass is 9.79. The number of fused-ring (bicyclic) bond motifs is 1. The van der Waals surface area contributed by atoms with Crippen molar-refractivity contribution in [2.24, 2.45) is 11.8 Å².